The molecule has 0 aromatic heterocycles. The van der Waals surface area contributed by atoms with Crippen molar-refractivity contribution in [3.63, 3.8) is 0 Å². The van der Waals surface area contributed by atoms with Gasteiger partial charge in [0, 0.05) is 32.7 Å². The number of hydrogen-bond donors (Lipinski definition) is 1. The van der Waals surface area contributed by atoms with Crippen LogP contribution in [0.25, 0.3) is 0 Å². The average Bonchev–Trinajstić information content (AvgIpc) is 2.86. The molecule has 3 aliphatic heterocycles. The first-order valence-corrected chi connectivity index (χ1v) is 9.90. The van der Waals surface area contributed by atoms with Gasteiger partial charge in [0.1, 0.15) is 17.8 Å². The Labute approximate surface area is 162 Å². The van der Waals surface area contributed by atoms with Crippen LogP contribution in [-0.4, -0.2) is 98.0 Å². The lowest BCUT2D eigenvalue weighted by Gasteiger charge is -2.41. The van der Waals surface area contributed by atoms with Gasteiger partial charge in [-0.1, -0.05) is 0 Å². The van der Waals surface area contributed by atoms with Crippen molar-refractivity contribution < 1.29 is 23.7 Å². The van der Waals surface area contributed by atoms with E-state index in [0.29, 0.717) is 6.61 Å². The van der Waals surface area contributed by atoms with Gasteiger partial charge < -0.3 is 29.2 Å². The van der Waals surface area contributed by atoms with Crippen molar-refractivity contribution in [1.29, 1.82) is 0 Å². The van der Waals surface area contributed by atoms with Gasteiger partial charge in [-0.05, 0) is 41.7 Å². The SMILES string of the molecule is CN1CCN(C[C@H]2OC[C@H](NC(=O)OC(C)(C)C)[C@H]3OC(C)(C)O[C@H]32)CC1. The van der Waals surface area contributed by atoms with Crippen LogP contribution in [0.5, 0.6) is 0 Å². The molecule has 0 aliphatic carbocycles. The Morgan fingerprint density at radius 2 is 1.78 bits per heavy atom. The molecule has 3 aliphatic rings. The molecule has 1 N–H and O–H groups in total. The summed E-state index contributed by atoms with van der Waals surface area (Å²) in [6, 6.07) is -0.296. The number of rotatable bonds is 3. The second-order valence-corrected chi connectivity index (χ2v) is 9.29. The lowest BCUT2D eigenvalue weighted by Crippen LogP contribution is -2.61. The Hall–Kier alpha value is -0.930. The number of likely N-dealkylation sites (N-methyl/N-ethyl adjacent to an activating group) is 1. The first kappa shape index (κ1) is 20.8. The molecule has 0 radical (unpaired) electrons. The molecular formula is C19H35N3O5. The van der Waals surface area contributed by atoms with Gasteiger partial charge in [0.2, 0.25) is 0 Å². The molecule has 3 fully saturated rings. The second kappa shape index (κ2) is 7.83. The topological polar surface area (TPSA) is 72.5 Å². The molecule has 156 valence electrons. The first-order chi connectivity index (χ1) is 12.5. The summed E-state index contributed by atoms with van der Waals surface area (Å²) in [6.07, 6.45) is -0.996. The number of alkyl carbamates (subject to hydrolysis) is 1. The molecule has 0 saturated carbocycles. The maximum absolute atomic E-state index is 12.2. The number of piperazine rings is 1. The minimum absolute atomic E-state index is 0.0723. The highest BCUT2D eigenvalue weighted by atomic mass is 16.8. The van der Waals surface area contributed by atoms with Crippen LogP contribution in [0.15, 0.2) is 0 Å². The Morgan fingerprint density at radius 3 is 2.41 bits per heavy atom. The quantitative estimate of drug-likeness (QED) is 0.778. The van der Waals surface area contributed by atoms with Crippen molar-refractivity contribution in [3.05, 3.63) is 0 Å². The fourth-order valence-corrected chi connectivity index (χ4v) is 3.86. The third-order valence-corrected chi connectivity index (χ3v) is 5.15. The highest BCUT2D eigenvalue weighted by Crippen LogP contribution is 2.36. The zero-order valence-electron chi connectivity index (χ0n) is 17.5. The molecule has 27 heavy (non-hydrogen) atoms. The molecule has 3 saturated heterocycles. The zero-order valence-corrected chi connectivity index (χ0v) is 17.5. The predicted molar refractivity (Wildman–Crippen MR) is 101 cm³/mol. The maximum Gasteiger partial charge on any atom is 0.408 e. The molecule has 8 nitrogen and oxygen atoms in total. The Morgan fingerprint density at radius 1 is 1.15 bits per heavy atom. The van der Waals surface area contributed by atoms with Crippen molar-refractivity contribution in [3.8, 4) is 0 Å². The first-order valence-electron chi connectivity index (χ1n) is 9.90. The van der Waals surface area contributed by atoms with Gasteiger partial charge in [0.25, 0.3) is 0 Å². The molecule has 0 unspecified atom stereocenters. The fraction of sp³-hybridized carbons (Fsp3) is 0.947. The van der Waals surface area contributed by atoms with Gasteiger partial charge in [0.15, 0.2) is 5.79 Å². The molecule has 0 aromatic rings. The van der Waals surface area contributed by atoms with E-state index in [1.807, 2.05) is 34.6 Å². The molecule has 1 amide bonds. The van der Waals surface area contributed by atoms with Crippen LogP contribution < -0.4 is 5.32 Å². The summed E-state index contributed by atoms with van der Waals surface area (Å²) < 4.78 is 23.8. The number of ether oxygens (including phenoxy) is 4. The van der Waals surface area contributed by atoms with Crippen molar-refractivity contribution in [1.82, 2.24) is 15.1 Å². The lowest BCUT2D eigenvalue weighted by atomic mass is 9.97. The van der Waals surface area contributed by atoms with Gasteiger partial charge in [0.05, 0.1) is 18.8 Å². The molecule has 0 bridgehead atoms. The number of carbonyl (C=O) groups excluding carboxylic acids is 1. The number of hydrogen-bond acceptors (Lipinski definition) is 7. The Bertz CT molecular complexity index is 528. The second-order valence-electron chi connectivity index (χ2n) is 9.29. The average molecular weight is 386 g/mol. The summed E-state index contributed by atoms with van der Waals surface area (Å²) in [6.45, 7) is 14.7. The summed E-state index contributed by atoms with van der Waals surface area (Å²) in [5.41, 5.74) is -0.546. The molecular weight excluding hydrogens is 350 g/mol. The molecule has 4 atom stereocenters. The van der Waals surface area contributed by atoms with Gasteiger partial charge in [-0.25, -0.2) is 4.79 Å². The summed E-state index contributed by atoms with van der Waals surface area (Å²) in [7, 11) is 2.15. The molecule has 3 heterocycles. The van der Waals surface area contributed by atoms with Crippen LogP contribution >= 0.6 is 0 Å². The number of amides is 1. The van der Waals surface area contributed by atoms with Crippen molar-refractivity contribution >= 4 is 6.09 Å². The van der Waals surface area contributed by atoms with E-state index in [2.05, 4.69) is 22.2 Å². The maximum atomic E-state index is 12.2. The molecule has 0 spiro atoms. The largest absolute Gasteiger partial charge is 0.444 e. The van der Waals surface area contributed by atoms with Gasteiger partial charge in [-0.15, -0.1) is 0 Å². The summed E-state index contributed by atoms with van der Waals surface area (Å²) >= 11 is 0. The number of nitrogens with one attached hydrogen (secondary N) is 1. The van der Waals surface area contributed by atoms with Crippen molar-refractivity contribution in [2.75, 3.05) is 46.4 Å². The number of nitrogens with zero attached hydrogens (tertiary/aromatic N) is 2. The highest BCUT2D eigenvalue weighted by molar-refractivity contribution is 5.68. The Kier molecular flexibility index (Phi) is 6.03. The van der Waals surface area contributed by atoms with E-state index in [-0.39, 0.29) is 24.4 Å². The smallest absolute Gasteiger partial charge is 0.408 e. The van der Waals surface area contributed by atoms with E-state index in [0.717, 1.165) is 32.7 Å². The number of carbonyl (C=O) groups is 1. The number of fused-ring (bicyclic) bond motifs is 1. The van der Waals surface area contributed by atoms with E-state index in [1.165, 1.54) is 0 Å². The molecule has 8 heteroatoms. The van der Waals surface area contributed by atoms with Crippen molar-refractivity contribution in [2.45, 2.75) is 70.4 Å². The summed E-state index contributed by atoms with van der Waals surface area (Å²) in [5.74, 6) is -0.697. The Balaban J connectivity index is 1.62. The van der Waals surface area contributed by atoms with E-state index in [4.69, 9.17) is 18.9 Å². The highest BCUT2D eigenvalue weighted by Gasteiger charge is 2.52. The van der Waals surface area contributed by atoms with Gasteiger partial charge >= 0.3 is 6.09 Å². The van der Waals surface area contributed by atoms with E-state index in [1.54, 1.807) is 0 Å². The minimum atomic E-state index is -0.697. The lowest BCUT2D eigenvalue weighted by molar-refractivity contribution is -0.155. The standard InChI is InChI=1S/C19H35N3O5/c1-18(2,3)27-17(23)20-13-12-24-14(11-22-9-7-21(6)8-10-22)16-15(13)25-19(4,5)26-16/h13-16H,7-12H2,1-6H3,(H,20,23)/t13-,14+,15+,16-/m0/s1. The van der Waals surface area contributed by atoms with Crippen LogP contribution in [0.3, 0.4) is 0 Å². The summed E-state index contributed by atoms with van der Waals surface area (Å²) in [5, 5.41) is 2.90. The third-order valence-electron chi connectivity index (χ3n) is 5.15. The van der Waals surface area contributed by atoms with Crippen LogP contribution in [0.1, 0.15) is 34.6 Å². The van der Waals surface area contributed by atoms with Gasteiger partial charge in [-0.3, -0.25) is 4.90 Å². The molecule has 3 rings (SSSR count). The van der Waals surface area contributed by atoms with Crippen molar-refractivity contribution in [2.24, 2.45) is 0 Å². The van der Waals surface area contributed by atoms with Crippen LogP contribution in [0.4, 0.5) is 4.79 Å². The van der Waals surface area contributed by atoms with E-state index in [9.17, 15) is 4.79 Å². The van der Waals surface area contributed by atoms with E-state index < -0.39 is 17.5 Å². The predicted octanol–water partition coefficient (Wildman–Crippen LogP) is 1.05. The fourth-order valence-electron chi connectivity index (χ4n) is 3.86. The zero-order chi connectivity index (χ0) is 19.8. The third kappa shape index (κ3) is 5.54. The van der Waals surface area contributed by atoms with Crippen LogP contribution in [0, 0.1) is 0 Å². The minimum Gasteiger partial charge on any atom is -0.444 e. The molecule has 0 aromatic carbocycles. The summed E-state index contributed by atoms with van der Waals surface area (Å²) in [4.78, 5) is 17.0. The monoisotopic (exact) mass is 385 g/mol. The van der Waals surface area contributed by atoms with Gasteiger partial charge in [-0.2, -0.15) is 0 Å². The van der Waals surface area contributed by atoms with Crippen LogP contribution in [0.2, 0.25) is 0 Å². The normalized spacial score (nSPS) is 34.9. The van der Waals surface area contributed by atoms with E-state index >= 15 is 0 Å². The van der Waals surface area contributed by atoms with Crippen LogP contribution in [-0.2, 0) is 18.9 Å².